The summed E-state index contributed by atoms with van der Waals surface area (Å²) in [4.78, 5) is 12.6. The number of rotatable bonds is 78. The third kappa shape index (κ3) is 62.0. The molecule has 1 fully saturated rings. The van der Waals surface area contributed by atoms with Gasteiger partial charge in [0.05, 0.1) is 25.2 Å². The van der Waals surface area contributed by atoms with Crippen molar-refractivity contribution in [1.82, 2.24) is 0 Å². The van der Waals surface area contributed by atoms with Crippen LogP contribution in [0.2, 0.25) is 0 Å². The highest BCUT2D eigenvalue weighted by Crippen LogP contribution is 2.46. The molecule has 0 unspecified atom stereocenters. The fourth-order valence-corrected chi connectivity index (χ4v) is 15.4. The number of aliphatic hydroxyl groups excluding tert-OH is 1. The normalized spacial score (nSPS) is 15.5. The predicted molar refractivity (Wildman–Crippen MR) is 397 cm³/mol. The first-order valence-corrected chi connectivity index (χ1v) is 42.3. The number of esters is 1. The van der Waals surface area contributed by atoms with Crippen LogP contribution in [0.1, 0.15) is 489 Å². The highest BCUT2D eigenvalue weighted by Gasteiger charge is 2.35. The van der Waals surface area contributed by atoms with Crippen molar-refractivity contribution >= 4 is 5.97 Å². The average Bonchev–Trinajstić information content (AvgIpc) is 4.38. The van der Waals surface area contributed by atoms with Crippen LogP contribution in [0.3, 0.4) is 0 Å². The Morgan fingerprint density at radius 2 is 0.517 bits per heavy atom. The monoisotopic (exact) mass is 1250 g/mol. The minimum Gasteiger partial charge on any atom is -0.469 e. The minimum absolute atomic E-state index is 0.210. The van der Waals surface area contributed by atoms with Crippen molar-refractivity contribution in [2.75, 3.05) is 14.2 Å². The lowest BCUT2D eigenvalue weighted by Crippen LogP contribution is -2.29. The van der Waals surface area contributed by atoms with E-state index in [0.29, 0.717) is 12.0 Å². The molecule has 0 aromatic carbocycles. The zero-order chi connectivity index (χ0) is 64.1. The summed E-state index contributed by atoms with van der Waals surface area (Å²) in [6, 6.07) is 0. The van der Waals surface area contributed by atoms with Crippen LogP contribution >= 0.6 is 0 Å². The fourth-order valence-electron chi connectivity index (χ4n) is 15.4. The number of methoxy groups -OCH3 is 2. The van der Waals surface area contributed by atoms with Crippen LogP contribution in [0.5, 0.6) is 0 Å². The maximum atomic E-state index is 12.6. The quantitative estimate of drug-likeness (QED) is 0.0487. The van der Waals surface area contributed by atoms with Crippen molar-refractivity contribution in [3.63, 3.8) is 0 Å². The third-order valence-electron chi connectivity index (χ3n) is 22.0. The van der Waals surface area contributed by atoms with E-state index in [1.807, 2.05) is 7.11 Å². The highest BCUT2D eigenvalue weighted by atomic mass is 16.5. The molecule has 1 aliphatic carbocycles. The first-order valence-electron chi connectivity index (χ1n) is 42.3. The van der Waals surface area contributed by atoms with Gasteiger partial charge in [0.2, 0.25) is 0 Å². The largest absolute Gasteiger partial charge is 0.469 e. The van der Waals surface area contributed by atoms with Gasteiger partial charge < -0.3 is 14.6 Å². The Morgan fingerprint density at radius 1 is 0.303 bits per heavy atom. The summed E-state index contributed by atoms with van der Waals surface area (Å²) in [6.45, 7) is 7.06. The molecular weight excluding hydrogens is 1080 g/mol. The number of hydrogen-bond donors (Lipinski definition) is 1. The maximum Gasteiger partial charge on any atom is 0.311 e. The molecule has 6 atom stereocenters. The zero-order valence-electron chi connectivity index (χ0n) is 62.3. The molecule has 4 heteroatoms. The molecule has 0 aliphatic heterocycles. The second-order valence-corrected chi connectivity index (χ2v) is 30.6. The van der Waals surface area contributed by atoms with Gasteiger partial charge in [0.1, 0.15) is 0 Å². The van der Waals surface area contributed by atoms with Crippen LogP contribution in [0.25, 0.3) is 0 Å². The van der Waals surface area contributed by atoms with Crippen LogP contribution in [0.4, 0.5) is 0 Å². The molecule has 0 heterocycles. The van der Waals surface area contributed by atoms with Crippen molar-refractivity contribution in [2.45, 2.75) is 502 Å². The van der Waals surface area contributed by atoms with Gasteiger partial charge >= 0.3 is 5.97 Å². The summed E-state index contributed by atoms with van der Waals surface area (Å²) in [6.07, 6.45) is 102. The molecule has 1 saturated carbocycles. The third-order valence-corrected chi connectivity index (χ3v) is 22.0. The van der Waals surface area contributed by atoms with Gasteiger partial charge in [-0.25, -0.2) is 0 Å². The Kier molecular flexibility index (Phi) is 69.6. The molecule has 0 aromatic heterocycles. The molecule has 0 bridgehead atoms. The lowest BCUT2D eigenvalue weighted by molar-refractivity contribution is -0.150. The van der Waals surface area contributed by atoms with Gasteiger partial charge in [-0.15, -0.1) is 0 Å². The fraction of sp³-hybridized carbons (Fsp3) is 0.988. The summed E-state index contributed by atoms with van der Waals surface area (Å²) in [5.41, 5.74) is 0. The smallest absolute Gasteiger partial charge is 0.311 e. The van der Waals surface area contributed by atoms with Gasteiger partial charge in [0.25, 0.3) is 0 Å². The highest BCUT2D eigenvalue weighted by molar-refractivity contribution is 5.72. The SMILES string of the molecule is CCCCCCCCCCCCCCCCCCCCCCC[C@@H](C(=O)OC)[C@H](O)CCCCCCCCCCCCCCCCC[C@@H]1C[C@@H]1CCCCCCCCCCCCCCCC[C@@H](OC)[C@H](C)CCCCCCCCCCCCCCCCCC. The Labute approximate surface area is 562 Å². The molecule has 89 heavy (non-hydrogen) atoms. The molecule has 4 nitrogen and oxygen atoms in total. The van der Waals surface area contributed by atoms with Crippen molar-refractivity contribution in [3.8, 4) is 0 Å². The van der Waals surface area contributed by atoms with Crippen molar-refractivity contribution in [1.29, 1.82) is 0 Å². The van der Waals surface area contributed by atoms with E-state index < -0.39 is 6.10 Å². The summed E-state index contributed by atoms with van der Waals surface area (Å²) in [7, 11) is 3.44. The van der Waals surface area contributed by atoms with Crippen LogP contribution in [-0.2, 0) is 14.3 Å². The Morgan fingerprint density at radius 3 is 0.764 bits per heavy atom. The maximum absolute atomic E-state index is 12.6. The Hall–Kier alpha value is -0.610. The van der Waals surface area contributed by atoms with Crippen LogP contribution < -0.4 is 0 Å². The Bertz CT molecular complexity index is 1330. The van der Waals surface area contributed by atoms with Crippen molar-refractivity contribution < 1.29 is 19.4 Å². The minimum atomic E-state index is -0.553. The first kappa shape index (κ1) is 86.4. The average molecular weight is 1250 g/mol. The van der Waals surface area contributed by atoms with Gasteiger partial charge in [-0.3, -0.25) is 4.79 Å². The predicted octanol–water partition coefficient (Wildman–Crippen LogP) is 29.6. The van der Waals surface area contributed by atoms with Crippen LogP contribution in [0, 0.1) is 23.7 Å². The summed E-state index contributed by atoms with van der Waals surface area (Å²) >= 11 is 0. The van der Waals surface area contributed by atoms with E-state index >= 15 is 0 Å². The van der Waals surface area contributed by atoms with Gasteiger partial charge in [-0.2, -0.15) is 0 Å². The number of ether oxygens (including phenoxy) is 2. The Balaban J connectivity index is 1.78. The van der Waals surface area contributed by atoms with Gasteiger partial charge in [-0.05, 0) is 49.9 Å². The van der Waals surface area contributed by atoms with E-state index in [0.717, 1.165) is 43.9 Å². The van der Waals surface area contributed by atoms with E-state index in [1.165, 1.54) is 437 Å². The molecule has 1 aliphatic rings. The molecule has 0 amide bonds. The number of carbonyl (C=O) groups excluding carboxylic acids is 1. The molecule has 0 aromatic rings. The van der Waals surface area contributed by atoms with E-state index in [4.69, 9.17) is 9.47 Å². The summed E-state index contributed by atoms with van der Waals surface area (Å²) < 4.78 is 11.1. The molecule has 1 rings (SSSR count). The van der Waals surface area contributed by atoms with E-state index in [1.54, 1.807) is 6.42 Å². The number of unbranched alkanes of at least 4 members (excludes halogenated alkanes) is 62. The number of aliphatic hydroxyl groups is 1. The van der Waals surface area contributed by atoms with Crippen molar-refractivity contribution in [3.05, 3.63) is 0 Å². The first-order chi connectivity index (χ1) is 44.0. The second kappa shape index (κ2) is 71.7. The van der Waals surface area contributed by atoms with E-state index in [9.17, 15) is 9.90 Å². The van der Waals surface area contributed by atoms with E-state index in [-0.39, 0.29) is 11.9 Å². The van der Waals surface area contributed by atoms with Gasteiger partial charge in [0.15, 0.2) is 0 Å². The van der Waals surface area contributed by atoms with Gasteiger partial charge in [0, 0.05) is 7.11 Å². The summed E-state index contributed by atoms with van der Waals surface area (Å²) in [5, 5.41) is 11.0. The van der Waals surface area contributed by atoms with Crippen molar-refractivity contribution in [2.24, 2.45) is 23.7 Å². The molecule has 0 spiro atoms. The lowest BCUT2D eigenvalue weighted by Gasteiger charge is -2.22. The summed E-state index contributed by atoms with van der Waals surface area (Å²) in [5.74, 6) is 2.34. The topological polar surface area (TPSA) is 55.8 Å². The van der Waals surface area contributed by atoms with Gasteiger partial charge in [-0.1, -0.05) is 457 Å². The van der Waals surface area contributed by atoms with Crippen LogP contribution in [0.15, 0.2) is 0 Å². The molecular formula is C85H168O4. The molecule has 1 N–H and O–H groups in total. The number of carbonyl (C=O) groups is 1. The molecule has 0 saturated heterocycles. The lowest BCUT2D eigenvalue weighted by atomic mass is 9.91. The molecule has 532 valence electrons. The zero-order valence-corrected chi connectivity index (χ0v) is 62.3. The van der Waals surface area contributed by atoms with E-state index in [2.05, 4.69) is 20.8 Å². The number of hydrogen-bond acceptors (Lipinski definition) is 4. The molecule has 0 radical (unpaired) electrons. The van der Waals surface area contributed by atoms with Crippen LogP contribution in [-0.4, -0.2) is 37.5 Å². The second-order valence-electron chi connectivity index (χ2n) is 30.6. The standard InChI is InChI=1S/C85H168O4/c1-6-8-10-12-14-16-18-20-22-24-25-26-27-28-32-39-45-51-57-63-69-75-82(85(87)89-5)83(86)76-70-64-58-52-46-40-33-29-31-37-43-49-55-61-67-73-80-78-81(80)74-68-62-56-50-44-38-34-35-41-47-53-59-65-71-77-84(88-4)79(3)72-66-60-54-48-42-36-30-23-21-19-17-15-13-11-9-7-2/h79-84,86H,6-78H2,1-5H3/t79-,80-,81+,82-,83-,84-/m1/s1.